The van der Waals surface area contributed by atoms with E-state index in [9.17, 15) is 15.2 Å². The molecule has 11 heteroatoms. The van der Waals surface area contributed by atoms with Crippen molar-refractivity contribution in [2.45, 2.75) is 83.6 Å². The number of β-amino-alcohol motifs (C(OH)–C–C–N with tert-alkyl or cyclic N) is 1. The van der Waals surface area contributed by atoms with Crippen LogP contribution in [0.2, 0.25) is 5.02 Å². The highest BCUT2D eigenvalue weighted by molar-refractivity contribution is 6.30. The maximum absolute atomic E-state index is 13.3. The third kappa shape index (κ3) is 7.21. The number of rotatable bonds is 7. The summed E-state index contributed by atoms with van der Waals surface area (Å²) >= 11 is 6.20. The Morgan fingerprint density at radius 2 is 1.98 bits per heavy atom. The van der Waals surface area contributed by atoms with Gasteiger partial charge < -0.3 is 24.4 Å². The van der Waals surface area contributed by atoms with Crippen molar-refractivity contribution in [3.05, 3.63) is 70.5 Å². The number of aromatic nitrogens is 2. The van der Waals surface area contributed by atoms with Crippen LogP contribution in [-0.2, 0) is 16.7 Å². The van der Waals surface area contributed by atoms with Crippen molar-refractivity contribution in [2.24, 2.45) is 5.92 Å². The number of hydrogen-bond donors (Lipinski definition) is 1. The second-order valence-electron chi connectivity index (χ2n) is 14.6. The second kappa shape index (κ2) is 14.1. The number of hydrogen-bond acceptors (Lipinski definition) is 9. The first-order valence-electron chi connectivity index (χ1n) is 17.4. The predicted octanol–water partition coefficient (Wildman–Crippen LogP) is 6.43. The monoisotopic (exact) mass is 686 g/mol. The van der Waals surface area contributed by atoms with Crippen LogP contribution < -0.4 is 9.64 Å². The molecule has 3 aromatic rings. The molecule has 0 radical (unpaired) electrons. The normalized spacial score (nSPS) is 24.1. The number of para-hydroxylation sites is 1. The van der Waals surface area contributed by atoms with Gasteiger partial charge in [0, 0.05) is 49.9 Å². The van der Waals surface area contributed by atoms with E-state index in [1.54, 1.807) is 17.2 Å². The standard InChI is InChI=1S/C38H47ClN6O4/c1-6-26-20-44(35-25(18-40)16-27(39)19-41-35)15-14-38(26)24-43(21-28-17-29(46)22-45(28)36(47)49-37(3,4)5)23-33-31(38)12-13-32(42-33)30-10-8-9-11-34(30)48-7-2/h8-13,16,19,26,28-29,46H,6-7,14-15,17,20-24H2,1-5H3/t26-,28-,29+,38+/m1/s1. The number of nitrogens with zero attached hydrogens (tertiary/aromatic N) is 6. The fourth-order valence-electron chi connectivity index (χ4n) is 8.09. The van der Waals surface area contributed by atoms with E-state index in [2.05, 4.69) is 39.9 Å². The first-order chi connectivity index (χ1) is 23.4. The van der Waals surface area contributed by atoms with Gasteiger partial charge in [0.25, 0.3) is 0 Å². The van der Waals surface area contributed by atoms with E-state index in [0.717, 1.165) is 48.6 Å². The first kappa shape index (κ1) is 34.9. The Labute approximate surface area is 294 Å². The Morgan fingerprint density at radius 3 is 2.71 bits per heavy atom. The summed E-state index contributed by atoms with van der Waals surface area (Å²) in [7, 11) is 0. The minimum Gasteiger partial charge on any atom is -0.493 e. The van der Waals surface area contributed by atoms with Crippen molar-refractivity contribution in [2.75, 3.05) is 44.2 Å². The predicted molar refractivity (Wildman–Crippen MR) is 190 cm³/mol. The molecule has 260 valence electrons. The highest BCUT2D eigenvalue weighted by Gasteiger charge is 2.50. The molecule has 2 aromatic heterocycles. The van der Waals surface area contributed by atoms with Gasteiger partial charge in [-0.05, 0) is 76.3 Å². The molecule has 0 unspecified atom stereocenters. The zero-order valence-corrected chi connectivity index (χ0v) is 29.9. The molecule has 2 fully saturated rings. The number of amides is 1. The van der Waals surface area contributed by atoms with Crippen LogP contribution >= 0.6 is 11.6 Å². The molecule has 0 aliphatic carbocycles. The van der Waals surface area contributed by atoms with Crippen LogP contribution in [0.25, 0.3) is 11.3 Å². The van der Waals surface area contributed by atoms with E-state index in [1.807, 2.05) is 52.0 Å². The number of carbonyl (C=O) groups excluding carboxylic acids is 1. The van der Waals surface area contributed by atoms with Crippen LogP contribution in [0.5, 0.6) is 5.75 Å². The summed E-state index contributed by atoms with van der Waals surface area (Å²) in [6.07, 6.45) is 2.87. The van der Waals surface area contributed by atoms with Crippen molar-refractivity contribution in [1.29, 1.82) is 5.26 Å². The quantitative estimate of drug-likeness (QED) is 0.300. The molecule has 3 aliphatic heterocycles. The summed E-state index contributed by atoms with van der Waals surface area (Å²) in [5.74, 6) is 1.70. The third-order valence-corrected chi connectivity index (χ3v) is 10.3. The lowest BCUT2D eigenvalue weighted by atomic mass is 9.62. The average Bonchev–Trinajstić information content (AvgIpc) is 3.44. The highest BCUT2D eigenvalue weighted by atomic mass is 35.5. The number of piperidine rings is 1. The number of benzene rings is 1. The zero-order chi connectivity index (χ0) is 34.9. The molecule has 5 heterocycles. The lowest BCUT2D eigenvalue weighted by Gasteiger charge is -2.53. The van der Waals surface area contributed by atoms with Gasteiger partial charge in [-0.15, -0.1) is 0 Å². The van der Waals surface area contributed by atoms with Crippen LogP contribution in [0.3, 0.4) is 0 Å². The zero-order valence-electron chi connectivity index (χ0n) is 29.2. The Balaban J connectivity index is 1.37. The molecule has 1 aromatic carbocycles. The average molecular weight is 687 g/mol. The largest absolute Gasteiger partial charge is 0.493 e. The number of carbonyl (C=O) groups is 1. The number of anilines is 1. The number of nitriles is 1. The van der Waals surface area contributed by atoms with E-state index in [4.69, 9.17) is 26.1 Å². The van der Waals surface area contributed by atoms with Crippen molar-refractivity contribution >= 4 is 23.5 Å². The number of aliphatic hydroxyl groups is 1. The van der Waals surface area contributed by atoms with Gasteiger partial charge >= 0.3 is 6.09 Å². The van der Waals surface area contributed by atoms with Crippen LogP contribution in [0.15, 0.2) is 48.7 Å². The first-order valence-corrected chi connectivity index (χ1v) is 17.8. The number of likely N-dealkylation sites (tertiary alicyclic amines) is 1. The van der Waals surface area contributed by atoms with Crippen LogP contribution in [0.1, 0.15) is 70.7 Å². The Morgan fingerprint density at radius 1 is 1.18 bits per heavy atom. The fraction of sp³-hybridized carbons (Fsp3) is 0.526. The van der Waals surface area contributed by atoms with Crippen LogP contribution in [0, 0.1) is 17.2 Å². The van der Waals surface area contributed by atoms with Gasteiger partial charge in [0.2, 0.25) is 0 Å². The summed E-state index contributed by atoms with van der Waals surface area (Å²) in [5.41, 5.74) is 3.71. The molecule has 10 nitrogen and oxygen atoms in total. The number of pyridine rings is 2. The smallest absolute Gasteiger partial charge is 0.410 e. The van der Waals surface area contributed by atoms with Gasteiger partial charge in [0.05, 0.1) is 47.3 Å². The summed E-state index contributed by atoms with van der Waals surface area (Å²) in [6.45, 7) is 14.1. The summed E-state index contributed by atoms with van der Waals surface area (Å²) in [6, 6.07) is 16.2. The molecule has 6 rings (SSSR count). The fourth-order valence-corrected chi connectivity index (χ4v) is 8.24. The number of halogens is 1. The van der Waals surface area contributed by atoms with Gasteiger partial charge in [-0.1, -0.05) is 43.1 Å². The molecule has 1 amide bonds. The molecular formula is C38H47ClN6O4. The molecule has 1 N–H and O–H groups in total. The van der Waals surface area contributed by atoms with E-state index in [0.29, 0.717) is 49.1 Å². The maximum atomic E-state index is 13.3. The molecular weight excluding hydrogens is 640 g/mol. The minimum absolute atomic E-state index is 0.193. The van der Waals surface area contributed by atoms with Crippen molar-refractivity contribution in [1.82, 2.24) is 19.8 Å². The number of aliphatic hydroxyl groups excluding tert-OH is 1. The Hall–Kier alpha value is -3.91. The van der Waals surface area contributed by atoms with Gasteiger partial charge in [-0.2, -0.15) is 5.26 Å². The van der Waals surface area contributed by atoms with Gasteiger partial charge in [0.1, 0.15) is 23.2 Å². The summed E-state index contributed by atoms with van der Waals surface area (Å²) in [5, 5.41) is 21.1. The lowest BCUT2D eigenvalue weighted by molar-refractivity contribution is 0.0151. The Bertz CT molecular complexity index is 1720. The highest BCUT2D eigenvalue weighted by Crippen LogP contribution is 2.48. The molecule has 2 saturated heterocycles. The minimum atomic E-state index is -0.631. The van der Waals surface area contributed by atoms with Crippen molar-refractivity contribution in [3.8, 4) is 23.1 Å². The molecule has 0 saturated carbocycles. The molecule has 3 aliphatic rings. The summed E-state index contributed by atoms with van der Waals surface area (Å²) in [4.78, 5) is 29.6. The number of ether oxygens (including phenoxy) is 2. The Kier molecular flexibility index (Phi) is 10.1. The molecule has 0 bridgehead atoms. The second-order valence-corrected chi connectivity index (χ2v) is 15.0. The summed E-state index contributed by atoms with van der Waals surface area (Å²) < 4.78 is 11.7. The maximum Gasteiger partial charge on any atom is 0.410 e. The van der Waals surface area contributed by atoms with Crippen LogP contribution in [-0.4, -0.2) is 88.0 Å². The van der Waals surface area contributed by atoms with E-state index in [-0.39, 0.29) is 23.9 Å². The number of fused-ring (bicyclic) bond motifs is 2. The van der Waals surface area contributed by atoms with Gasteiger partial charge in [-0.3, -0.25) is 9.88 Å². The van der Waals surface area contributed by atoms with Crippen molar-refractivity contribution < 1.29 is 19.4 Å². The SMILES string of the molecule is CCOc1ccccc1-c1ccc2c(n1)CN(C[C@H]1C[C@H](O)CN1C(=O)OC(C)(C)C)C[C@]21CCN(c2ncc(Cl)cc2C#N)C[C@H]1CC. The lowest BCUT2D eigenvalue weighted by Crippen LogP contribution is -2.59. The van der Waals surface area contributed by atoms with E-state index >= 15 is 0 Å². The van der Waals surface area contributed by atoms with Crippen molar-refractivity contribution in [3.63, 3.8) is 0 Å². The van der Waals surface area contributed by atoms with E-state index < -0.39 is 17.8 Å². The molecule has 1 spiro atoms. The van der Waals surface area contributed by atoms with Gasteiger partial charge in [-0.25, -0.2) is 9.78 Å². The third-order valence-electron chi connectivity index (χ3n) is 10.1. The molecule has 49 heavy (non-hydrogen) atoms. The molecule has 4 atom stereocenters. The van der Waals surface area contributed by atoms with Crippen LogP contribution in [0.4, 0.5) is 10.6 Å². The topological polar surface area (TPSA) is 115 Å². The van der Waals surface area contributed by atoms with E-state index in [1.165, 1.54) is 5.56 Å². The van der Waals surface area contributed by atoms with Gasteiger partial charge in [0.15, 0.2) is 0 Å².